The molecule has 0 saturated carbocycles. The van der Waals surface area contributed by atoms with E-state index in [1.807, 2.05) is 12.3 Å². The second kappa shape index (κ2) is 10.6. The van der Waals surface area contributed by atoms with Crippen molar-refractivity contribution in [2.24, 2.45) is 0 Å². The maximum absolute atomic E-state index is 15.0. The zero-order valence-electron chi connectivity index (χ0n) is 19.7. The highest BCUT2D eigenvalue weighted by Gasteiger charge is 2.31. The van der Waals surface area contributed by atoms with Crippen molar-refractivity contribution in [3.63, 3.8) is 0 Å². The molecular weight excluding hydrogens is 474 g/mol. The Morgan fingerprint density at radius 2 is 1.74 bits per heavy atom. The molecule has 2 aromatic carbocycles. The van der Waals surface area contributed by atoms with Crippen molar-refractivity contribution < 1.29 is 23.0 Å². The monoisotopic (exact) mass is 501 g/mol. The van der Waals surface area contributed by atoms with Crippen LogP contribution in [0.4, 0.5) is 25.1 Å². The molecule has 3 aromatic rings. The van der Waals surface area contributed by atoms with Gasteiger partial charge in [-0.25, -0.2) is 23.5 Å². The summed E-state index contributed by atoms with van der Waals surface area (Å²) >= 11 is 1.08. The lowest BCUT2D eigenvalue weighted by Gasteiger charge is -2.29. The molecule has 1 saturated heterocycles. The molecule has 1 aromatic heterocycles. The summed E-state index contributed by atoms with van der Waals surface area (Å²) in [6, 6.07) is 12.4. The number of nitrogens with zero attached hydrogens (tertiary/aromatic N) is 3. The minimum Gasteiger partial charge on any atom is -0.410 e. The summed E-state index contributed by atoms with van der Waals surface area (Å²) in [5.74, 6) is -0.780. The van der Waals surface area contributed by atoms with Gasteiger partial charge in [0.05, 0.1) is 19.5 Å². The third kappa shape index (κ3) is 5.88. The molecule has 0 unspecified atom stereocenters. The quantitative estimate of drug-likeness (QED) is 0.395. The first-order valence-corrected chi connectivity index (χ1v) is 12.5. The summed E-state index contributed by atoms with van der Waals surface area (Å²) in [4.78, 5) is 23.5. The van der Waals surface area contributed by atoms with Gasteiger partial charge in [0.1, 0.15) is 22.9 Å². The van der Waals surface area contributed by atoms with Crippen LogP contribution in [0.2, 0.25) is 0 Å². The third-order valence-electron chi connectivity index (χ3n) is 5.71. The van der Waals surface area contributed by atoms with E-state index < -0.39 is 23.4 Å². The van der Waals surface area contributed by atoms with Gasteiger partial charge in [-0.1, -0.05) is 18.2 Å². The number of nitrogens with one attached hydrogen (secondary N) is 1. The molecule has 7 nitrogen and oxygen atoms in total. The van der Waals surface area contributed by atoms with E-state index in [1.165, 1.54) is 0 Å². The van der Waals surface area contributed by atoms with Crippen LogP contribution >= 0.6 is 0 Å². The van der Waals surface area contributed by atoms with E-state index in [9.17, 15) is 13.6 Å². The van der Waals surface area contributed by atoms with Crippen molar-refractivity contribution in [2.75, 3.05) is 42.8 Å². The van der Waals surface area contributed by atoms with Crippen LogP contribution in [0.25, 0.3) is 11.4 Å². The Morgan fingerprint density at radius 3 is 2.37 bits per heavy atom. The summed E-state index contributed by atoms with van der Waals surface area (Å²) in [5.41, 5.74) is 0.330. The van der Waals surface area contributed by atoms with Crippen LogP contribution < -0.4 is 15.0 Å². The summed E-state index contributed by atoms with van der Waals surface area (Å²) in [5, 5.41) is 2.14. The highest BCUT2D eigenvalue weighted by molar-refractivity contribution is 7.78. The van der Waals surface area contributed by atoms with Crippen LogP contribution in [0.3, 0.4) is 0 Å². The standard InChI is InChI=1S/C25H26F2N4O3S/c1-25(2,35-3)20-15-21(31-9-11-33-12-10-31)29-23(28-20)16-13-18(26)22(19(27)14-16)30-24(32)34-17-7-5-4-6-8-17/h4-8,13-15H,9-12H2,1-3H3,(H,30,32)/p+1. The van der Waals surface area contributed by atoms with Gasteiger partial charge >= 0.3 is 6.09 Å². The van der Waals surface area contributed by atoms with Crippen molar-refractivity contribution in [1.82, 2.24) is 9.97 Å². The Balaban J connectivity index is 1.66. The molecule has 2 heterocycles. The molecular formula is C25H27F2N4O3S+. The van der Waals surface area contributed by atoms with Crippen LogP contribution in [0.15, 0.2) is 48.5 Å². The first kappa shape index (κ1) is 24.9. The molecule has 1 fully saturated rings. The van der Waals surface area contributed by atoms with E-state index in [-0.39, 0.29) is 21.9 Å². The zero-order valence-corrected chi connectivity index (χ0v) is 20.6. The number of para-hydroxylation sites is 1. The van der Waals surface area contributed by atoms with E-state index in [0.29, 0.717) is 32.1 Å². The fourth-order valence-corrected chi connectivity index (χ4v) is 3.83. The number of aromatic nitrogens is 2. The predicted molar refractivity (Wildman–Crippen MR) is 134 cm³/mol. The van der Waals surface area contributed by atoms with Gasteiger partial charge in [-0.05, 0) is 49.9 Å². The number of morpholine rings is 1. The average molecular weight is 502 g/mol. The SMILES string of the molecule is C[SH+]C(C)(C)c1cc(N2CCOCC2)nc(-c2cc(F)c(NC(=O)Oc3ccccc3)c(F)c2)n1. The molecule has 0 bridgehead atoms. The lowest BCUT2D eigenvalue weighted by molar-refractivity contribution is 0.122. The molecule has 1 amide bonds. The number of benzene rings is 2. The Hall–Kier alpha value is -3.24. The fourth-order valence-electron chi connectivity index (χ4n) is 3.49. The third-order valence-corrected chi connectivity index (χ3v) is 7.06. The Kier molecular flexibility index (Phi) is 7.51. The van der Waals surface area contributed by atoms with Gasteiger partial charge in [0, 0.05) is 24.7 Å². The fraction of sp³-hybridized carbons (Fsp3) is 0.320. The van der Waals surface area contributed by atoms with Crippen molar-refractivity contribution in [3.05, 3.63) is 65.9 Å². The number of thiol groups is 1. The van der Waals surface area contributed by atoms with Crippen LogP contribution in [0, 0.1) is 11.6 Å². The van der Waals surface area contributed by atoms with E-state index in [4.69, 9.17) is 9.47 Å². The minimum absolute atomic E-state index is 0.168. The van der Waals surface area contributed by atoms with Crippen LogP contribution in [-0.2, 0) is 21.2 Å². The Morgan fingerprint density at radius 1 is 1.09 bits per heavy atom. The van der Waals surface area contributed by atoms with Gasteiger partial charge in [0.2, 0.25) is 0 Å². The number of hydrogen-bond acceptors (Lipinski definition) is 6. The van der Waals surface area contributed by atoms with Crippen molar-refractivity contribution in [3.8, 4) is 17.1 Å². The van der Waals surface area contributed by atoms with E-state index in [0.717, 1.165) is 29.6 Å². The number of anilines is 2. The molecule has 35 heavy (non-hydrogen) atoms. The molecule has 184 valence electrons. The first-order chi connectivity index (χ1) is 16.8. The molecule has 0 atom stereocenters. The maximum Gasteiger partial charge on any atom is 0.417 e. The molecule has 1 aliphatic rings. The van der Waals surface area contributed by atoms with Gasteiger partial charge in [0.25, 0.3) is 0 Å². The predicted octanol–water partition coefficient (Wildman–Crippen LogP) is 4.55. The van der Waals surface area contributed by atoms with Crippen molar-refractivity contribution in [2.45, 2.75) is 18.6 Å². The molecule has 1 aliphatic heterocycles. The summed E-state index contributed by atoms with van der Waals surface area (Å²) < 4.78 is 40.1. The lowest BCUT2D eigenvalue weighted by atomic mass is 10.1. The minimum atomic E-state index is -1.00. The number of rotatable bonds is 6. The van der Waals surface area contributed by atoms with Gasteiger partial charge in [-0.3, -0.25) is 5.32 Å². The second-order valence-electron chi connectivity index (χ2n) is 8.46. The van der Waals surface area contributed by atoms with Gasteiger partial charge in [-0.2, -0.15) is 0 Å². The number of amides is 1. The normalized spacial score (nSPS) is 14.0. The molecule has 10 heteroatoms. The largest absolute Gasteiger partial charge is 0.417 e. The van der Waals surface area contributed by atoms with Gasteiger partial charge < -0.3 is 14.4 Å². The van der Waals surface area contributed by atoms with E-state index >= 15 is 0 Å². The molecule has 1 N–H and O–H groups in total. The van der Waals surface area contributed by atoms with E-state index in [1.54, 1.807) is 30.3 Å². The highest BCUT2D eigenvalue weighted by atomic mass is 32.2. The van der Waals surface area contributed by atoms with Crippen molar-refractivity contribution in [1.29, 1.82) is 0 Å². The van der Waals surface area contributed by atoms with Crippen LogP contribution in [0.1, 0.15) is 19.5 Å². The number of halogens is 2. The smallest absolute Gasteiger partial charge is 0.410 e. The van der Waals surface area contributed by atoms with Crippen LogP contribution in [-0.4, -0.2) is 48.6 Å². The number of ether oxygens (including phenoxy) is 2. The summed E-state index contributed by atoms with van der Waals surface area (Å²) in [7, 11) is 0. The molecule has 4 rings (SSSR count). The average Bonchev–Trinajstić information content (AvgIpc) is 2.87. The summed E-state index contributed by atoms with van der Waals surface area (Å²) in [6.45, 7) is 6.58. The van der Waals surface area contributed by atoms with Gasteiger partial charge in [-0.15, -0.1) is 0 Å². The number of hydrogen-bond donors (Lipinski definition) is 1. The second-order valence-corrected chi connectivity index (χ2v) is 10.0. The Labute approximate surface area is 206 Å². The summed E-state index contributed by atoms with van der Waals surface area (Å²) in [6.07, 6.45) is 1.03. The topological polar surface area (TPSA) is 76.6 Å². The lowest BCUT2D eigenvalue weighted by Crippen LogP contribution is -2.37. The number of carbonyl (C=O) groups excluding carboxylic acids is 1. The van der Waals surface area contributed by atoms with E-state index in [2.05, 4.69) is 34.0 Å². The molecule has 0 aliphatic carbocycles. The molecule has 0 radical (unpaired) electrons. The molecule has 0 spiro atoms. The van der Waals surface area contributed by atoms with Crippen LogP contribution in [0.5, 0.6) is 5.75 Å². The van der Waals surface area contributed by atoms with Gasteiger partial charge in [0.15, 0.2) is 22.2 Å². The zero-order chi connectivity index (χ0) is 25.0. The van der Waals surface area contributed by atoms with Crippen molar-refractivity contribution >= 4 is 29.4 Å². The maximum atomic E-state index is 15.0. The highest BCUT2D eigenvalue weighted by Crippen LogP contribution is 2.31. The first-order valence-electron chi connectivity index (χ1n) is 11.1. The number of carbonyl (C=O) groups is 1. The Bertz CT molecular complexity index is 1180.